The molecule has 3 aromatic heterocycles. The first-order valence-electron chi connectivity index (χ1n) is 18.9. The summed E-state index contributed by atoms with van der Waals surface area (Å²) in [5.74, 6) is 0. The molecule has 256 valence electrons. The molecule has 12 rings (SSSR count). The molecule has 0 bridgehead atoms. The van der Waals surface area contributed by atoms with E-state index in [1.165, 1.54) is 93.0 Å². The highest BCUT2D eigenvalue weighted by Gasteiger charge is 2.19. The van der Waals surface area contributed by atoms with Crippen LogP contribution < -0.4 is 0 Å². The Labute approximate surface area is 317 Å². The molecule has 0 aliphatic heterocycles. The highest BCUT2D eigenvalue weighted by Crippen LogP contribution is 2.41. The predicted octanol–water partition coefficient (Wildman–Crippen LogP) is 13.8. The largest absolute Gasteiger partial charge is 0.309 e. The normalized spacial score (nSPS) is 12.0. The van der Waals surface area contributed by atoms with Crippen LogP contribution in [-0.2, 0) is 0 Å². The van der Waals surface area contributed by atoms with Gasteiger partial charge in [-0.2, -0.15) is 0 Å². The van der Waals surface area contributed by atoms with E-state index in [2.05, 4.69) is 214 Å². The van der Waals surface area contributed by atoms with E-state index in [1.54, 1.807) is 0 Å². The van der Waals surface area contributed by atoms with E-state index in [0.29, 0.717) is 0 Å². The fraction of sp³-hybridized carbons (Fsp3) is 0. The zero-order valence-corrected chi connectivity index (χ0v) is 29.9. The van der Waals surface area contributed by atoms with E-state index >= 15 is 0 Å². The molecule has 0 atom stereocenters. The first-order chi connectivity index (χ1) is 27.3. The summed E-state index contributed by atoms with van der Waals surface area (Å²) in [5.41, 5.74) is 13.2. The van der Waals surface area contributed by atoms with E-state index in [-0.39, 0.29) is 0 Å². The molecule has 55 heavy (non-hydrogen) atoms. The molecule has 3 nitrogen and oxygen atoms in total. The molecule has 0 N–H and O–H groups in total. The van der Waals surface area contributed by atoms with E-state index in [0.717, 1.165) is 11.4 Å². The molecule has 0 aliphatic carbocycles. The van der Waals surface area contributed by atoms with Gasteiger partial charge < -0.3 is 13.7 Å². The van der Waals surface area contributed by atoms with Crippen molar-refractivity contribution in [2.75, 3.05) is 0 Å². The molecule has 3 heteroatoms. The fourth-order valence-electron chi connectivity index (χ4n) is 9.18. The van der Waals surface area contributed by atoms with Crippen LogP contribution in [0, 0.1) is 0 Å². The van der Waals surface area contributed by atoms with Gasteiger partial charge >= 0.3 is 0 Å². The lowest BCUT2D eigenvalue weighted by Crippen LogP contribution is -1.96. The van der Waals surface area contributed by atoms with Crippen molar-refractivity contribution < 1.29 is 0 Å². The SMILES string of the molecule is c1ccc(-n2c3ccccc3c3cc4c5ccccc5n(-c5ccc(-c6ccc7c(c6)c6ccccc6n7-c6cccc7ccccc67)cc5)c4cc32)cc1. The second-order valence-corrected chi connectivity index (χ2v) is 14.6. The van der Waals surface area contributed by atoms with Gasteiger partial charge in [-0.05, 0) is 89.3 Å². The van der Waals surface area contributed by atoms with Crippen molar-refractivity contribution >= 4 is 76.2 Å². The smallest absolute Gasteiger partial charge is 0.0562 e. The van der Waals surface area contributed by atoms with Crippen LogP contribution in [0.5, 0.6) is 0 Å². The van der Waals surface area contributed by atoms with Gasteiger partial charge in [-0.25, -0.2) is 0 Å². The monoisotopic (exact) mass is 699 g/mol. The maximum Gasteiger partial charge on any atom is 0.0562 e. The summed E-state index contributed by atoms with van der Waals surface area (Å²) < 4.78 is 7.26. The van der Waals surface area contributed by atoms with Crippen LogP contribution in [0.25, 0.3) is 104 Å². The molecule has 9 aromatic carbocycles. The zero-order chi connectivity index (χ0) is 36.0. The standard InChI is InChI=1S/C52H33N3/c1-2-15-37(16-3-1)53-47-21-9-6-19-41(47)44-32-45-42-20-7-10-22-48(42)54(52(45)33-51(44)53)38-28-25-34(26-29-38)36-27-30-50-43(31-36)40-18-8-11-23-49(40)55(50)46-24-12-14-35-13-4-5-17-39(35)46/h1-33H. The Morgan fingerprint density at radius 2 is 0.709 bits per heavy atom. The fourth-order valence-corrected chi connectivity index (χ4v) is 9.18. The molecule has 0 spiro atoms. The molecule has 0 saturated heterocycles. The minimum Gasteiger partial charge on any atom is -0.309 e. The maximum absolute atomic E-state index is 2.43. The summed E-state index contributed by atoms with van der Waals surface area (Å²) in [6.07, 6.45) is 0. The summed E-state index contributed by atoms with van der Waals surface area (Å²) in [6.45, 7) is 0. The van der Waals surface area contributed by atoms with Gasteiger partial charge in [0.15, 0.2) is 0 Å². The van der Waals surface area contributed by atoms with Gasteiger partial charge in [0.1, 0.15) is 0 Å². The van der Waals surface area contributed by atoms with Crippen molar-refractivity contribution in [3.8, 4) is 28.2 Å². The van der Waals surface area contributed by atoms with Gasteiger partial charge in [0.25, 0.3) is 0 Å². The molecule has 0 aliphatic rings. The van der Waals surface area contributed by atoms with Crippen LogP contribution in [-0.4, -0.2) is 13.7 Å². The van der Waals surface area contributed by atoms with E-state index in [1.807, 2.05) is 0 Å². The zero-order valence-electron chi connectivity index (χ0n) is 29.9. The molecule has 0 saturated carbocycles. The van der Waals surface area contributed by atoms with Crippen LogP contribution >= 0.6 is 0 Å². The second kappa shape index (κ2) is 11.6. The maximum atomic E-state index is 2.43. The number of hydrogen-bond donors (Lipinski definition) is 0. The Morgan fingerprint density at radius 3 is 1.36 bits per heavy atom. The molecular weight excluding hydrogens is 667 g/mol. The number of fused-ring (bicyclic) bond motifs is 10. The third-order valence-corrected chi connectivity index (χ3v) is 11.6. The lowest BCUT2D eigenvalue weighted by atomic mass is 10.0. The van der Waals surface area contributed by atoms with Crippen LogP contribution in [0.1, 0.15) is 0 Å². The summed E-state index contributed by atoms with van der Waals surface area (Å²) in [7, 11) is 0. The van der Waals surface area contributed by atoms with Gasteiger partial charge in [0.05, 0.1) is 38.8 Å². The molecular formula is C52H33N3. The lowest BCUT2D eigenvalue weighted by molar-refractivity contribution is 1.16. The number of rotatable bonds is 4. The van der Waals surface area contributed by atoms with Gasteiger partial charge in [-0.3, -0.25) is 0 Å². The topological polar surface area (TPSA) is 14.8 Å². The number of benzene rings is 9. The number of para-hydroxylation sites is 4. The van der Waals surface area contributed by atoms with Crippen molar-refractivity contribution in [2.45, 2.75) is 0 Å². The van der Waals surface area contributed by atoms with Gasteiger partial charge in [-0.15, -0.1) is 0 Å². The lowest BCUT2D eigenvalue weighted by Gasteiger charge is -2.12. The van der Waals surface area contributed by atoms with E-state index in [9.17, 15) is 0 Å². The van der Waals surface area contributed by atoms with E-state index < -0.39 is 0 Å². The quantitative estimate of drug-likeness (QED) is 0.174. The van der Waals surface area contributed by atoms with Gasteiger partial charge in [0, 0.05) is 49.1 Å². The van der Waals surface area contributed by atoms with Crippen molar-refractivity contribution in [2.24, 2.45) is 0 Å². The highest BCUT2D eigenvalue weighted by atomic mass is 15.0. The van der Waals surface area contributed by atoms with Crippen LogP contribution in [0.2, 0.25) is 0 Å². The predicted molar refractivity (Wildman–Crippen MR) is 232 cm³/mol. The number of aromatic nitrogens is 3. The Kier molecular flexibility index (Phi) is 6.34. The van der Waals surface area contributed by atoms with Gasteiger partial charge in [0.2, 0.25) is 0 Å². The van der Waals surface area contributed by atoms with Crippen LogP contribution in [0.4, 0.5) is 0 Å². The van der Waals surface area contributed by atoms with Crippen molar-refractivity contribution in [3.63, 3.8) is 0 Å². The third kappa shape index (κ3) is 4.38. The molecule has 0 unspecified atom stereocenters. The summed E-state index contributed by atoms with van der Waals surface area (Å²) in [5, 5.41) is 10.1. The average Bonchev–Trinajstić information content (AvgIpc) is 3.88. The van der Waals surface area contributed by atoms with Crippen molar-refractivity contribution in [3.05, 3.63) is 200 Å². The van der Waals surface area contributed by atoms with E-state index in [4.69, 9.17) is 0 Å². The minimum atomic E-state index is 1.14. The molecule has 12 aromatic rings. The van der Waals surface area contributed by atoms with Crippen LogP contribution in [0.15, 0.2) is 200 Å². The highest BCUT2D eigenvalue weighted by molar-refractivity contribution is 6.19. The Morgan fingerprint density at radius 1 is 0.236 bits per heavy atom. The summed E-state index contributed by atoms with van der Waals surface area (Å²) in [4.78, 5) is 0. The third-order valence-electron chi connectivity index (χ3n) is 11.6. The summed E-state index contributed by atoms with van der Waals surface area (Å²) >= 11 is 0. The number of hydrogen-bond acceptors (Lipinski definition) is 0. The Bertz CT molecular complexity index is 3460. The Balaban J connectivity index is 1.03. The first kappa shape index (κ1) is 30.1. The molecule has 0 amide bonds. The van der Waals surface area contributed by atoms with Crippen molar-refractivity contribution in [1.29, 1.82) is 0 Å². The second-order valence-electron chi connectivity index (χ2n) is 14.6. The van der Waals surface area contributed by atoms with Crippen molar-refractivity contribution in [1.82, 2.24) is 13.7 Å². The van der Waals surface area contributed by atoms with Crippen LogP contribution in [0.3, 0.4) is 0 Å². The minimum absolute atomic E-state index is 1.14. The molecule has 0 fully saturated rings. The molecule has 3 heterocycles. The number of nitrogens with zero attached hydrogens (tertiary/aromatic N) is 3. The Hall–Kier alpha value is -7.36. The average molecular weight is 700 g/mol. The molecule has 0 radical (unpaired) electrons. The first-order valence-corrected chi connectivity index (χ1v) is 18.9. The van der Waals surface area contributed by atoms with Gasteiger partial charge in [-0.1, -0.05) is 127 Å². The summed E-state index contributed by atoms with van der Waals surface area (Å²) in [6, 6.07) is 73.2.